The number of carbonyl (C=O) groups is 1. The van der Waals surface area contributed by atoms with Crippen LogP contribution in [0.2, 0.25) is 5.02 Å². The second-order valence-electron chi connectivity index (χ2n) is 4.85. The minimum Gasteiger partial charge on any atom is -0.495 e. The molecule has 1 heterocycles. The zero-order chi connectivity index (χ0) is 14.8. The molecule has 1 aliphatic heterocycles. The number of hydrogen-bond acceptors (Lipinski definition) is 3. The van der Waals surface area contributed by atoms with Crippen molar-refractivity contribution in [3.05, 3.63) is 53.1 Å². The molecular formula is C16H15ClN2O2. The van der Waals surface area contributed by atoms with Gasteiger partial charge in [0.05, 0.1) is 18.7 Å². The summed E-state index contributed by atoms with van der Waals surface area (Å²) in [6, 6.07) is 13.0. The summed E-state index contributed by atoms with van der Waals surface area (Å²) >= 11 is 5.98. The van der Waals surface area contributed by atoms with Gasteiger partial charge in [0.1, 0.15) is 5.75 Å². The summed E-state index contributed by atoms with van der Waals surface area (Å²) < 4.78 is 5.24. The van der Waals surface area contributed by atoms with Gasteiger partial charge < -0.3 is 15.4 Å². The maximum absolute atomic E-state index is 12.5. The highest BCUT2D eigenvalue weighted by atomic mass is 35.5. The number of ether oxygens (including phenoxy) is 1. The van der Waals surface area contributed by atoms with E-state index in [-0.39, 0.29) is 11.8 Å². The predicted octanol–water partition coefficient (Wildman–Crippen LogP) is 3.50. The molecule has 3 rings (SSSR count). The van der Waals surface area contributed by atoms with Crippen LogP contribution in [0.4, 0.5) is 11.4 Å². The number of methoxy groups -OCH3 is 1. The van der Waals surface area contributed by atoms with Crippen LogP contribution in [0.3, 0.4) is 0 Å². The number of halogens is 1. The van der Waals surface area contributed by atoms with Crippen molar-refractivity contribution in [2.24, 2.45) is 0 Å². The van der Waals surface area contributed by atoms with E-state index in [4.69, 9.17) is 16.3 Å². The monoisotopic (exact) mass is 302 g/mol. The maximum Gasteiger partial charge on any atom is 0.233 e. The topological polar surface area (TPSA) is 50.4 Å². The van der Waals surface area contributed by atoms with Crippen molar-refractivity contribution in [3.8, 4) is 5.75 Å². The Morgan fingerprint density at radius 2 is 2.14 bits per heavy atom. The molecule has 2 N–H and O–H groups in total. The van der Waals surface area contributed by atoms with Crippen LogP contribution in [0, 0.1) is 0 Å². The van der Waals surface area contributed by atoms with E-state index in [1.807, 2.05) is 24.3 Å². The predicted molar refractivity (Wildman–Crippen MR) is 84.3 cm³/mol. The molecule has 1 atom stereocenters. The third-order valence-electron chi connectivity index (χ3n) is 3.57. The summed E-state index contributed by atoms with van der Waals surface area (Å²) in [6.07, 6.45) is 0. The molecule has 2 aromatic carbocycles. The van der Waals surface area contributed by atoms with Gasteiger partial charge >= 0.3 is 0 Å². The molecule has 0 saturated heterocycles. The lowest BCUT2D eigenvalue weighted by Crippen LogP contribution is -2.22. The quantitative estimate of drug-likeness (QED) is 0.912. The van der Waals surface area contributed by atoms with Gasteiger partial charge in [-0.2, -0.15) is 0 Å². The standard InChI is InChI=1S/C16H15ClN2O2/c1-21-15-7-6-10(17)8-14(15)19-16(20)12-9-18-13-5-3-2-4-11(12)13/h2-8,12,18H,9H2,1H3,(H,19,20). The van der Waals surface area contributed by atoms with Crippen LogP contribution in [-0.4, -0.2) is 19.6 Å². The Balaban J connectivity index is 1.83. The van der Waals surface area contributed by atoms with Crippen molar-refractivity contribution in [2.45, 2.75) is 5.92 Å². The third-order valence-corrected chi connectivity index (χ3v) is 3.80. The summed E-state index contributed by atoms with van der Waals surface area (Å²) in [5.74, 6) is 0.296. The van der Waals surface area contributed by atoms with Crippen molar-refractivity contribution in [3.63, 3.8) is 0 Å². The van der Waals surface area contributed by atoms with E-state index in [0.717, 1.165) is 11.3 Å². The summed E-state index contributed by atoms with van der Waals surface area (Å²) in [5.41, 5.74) is 2.60. The molecule has 5 heteroatoms. The van der Waals surface area contributed by atoms with E-state index in [1.54, 1.807) is 25.3 Å². The molecule has 2 aromatic rings. The first-order valence-corrected chi connectivity index (χ1v) is 7.04. The molecule has 4 nitrogen and oxygen atoms in total. The molecule has 21 heavy (non-hydrogen) atoms. The first-order valence-electron chi connectivity index (χ1n) is 6.66. The minimum atomic E-state index is -0.218. The summed E-state index contributed by atoms with van der Waals surface area (Å²) in [7, 11) is 1.56. The number of hydrogen-bond donors (Lipinski definition) is 2. The SMILES string of the molecule is COc1ccc(Cl)cc1NC(=O)C1CNc2ccccc21. The lowest BCUT2D eigenvalue weighted by Gasteiger charge is -2.14. The maximum atomic E-state index is 12.5. The number of fused-ring (bicyclic) bond motifs is 1. The first kappa shape index (κ1) is 13.8. The number of amides is 1. The Morgan fingerprint density at radius 1 is 1.33 bits per heavy atom. The minimum absolute atomic E-state index is 0.0759. The molecule has 0 fully saturated rings. The third kappa shape index (κ3) is 2.67. The summed E-state index contributed by atoms with van der Waals surface area (Å²) in [4.78, 5) is 12.5. The van der Waals surface area contributed by atoms with Gasteiger partial charge in [-0.25, -0.2) is 0 Å². The fourth-order valence-corrected chi connectivity index (χ4v) is 2.69. The fourth-order valence-electron chi connectivity index (χ4n) is 2.52. The highest BCUT2D eigenvalue weighted by Gasteiger charge is 2.28. The van der Waals surface area contributed by atoms with Crippen LogP contribution in [0.1, 0.15) is 11.5 Å². The molecule has 0 radical (unpaired) electrons. The van der Waals surface area contributed by atoms with Crippen LogP contribution in [0.25, 0.3) is 0 Å². The van der Waals surface area contributed by atoms with Crippen LogP contribution in [0.15, 0.2) is 42.5 Å². The summed E-state index contributed by atoms with van der Waals surface area (Å²) in [5, 5.41) is 6.69. The lowest BCUT2D eigenvalue weighted by molar-refractivity contribution is -0.117. The molecule has 0 aromatic heterocycles. The summed E-state index contributed by atoms with van der Waals surface area (Å²) in [6.45, 7) is 0.591. The number of para-hydroxylation sites is 1. The van der Waals surface area contributed by atoms with E-state index < -0.39 is 0 Å². The number of nitrogens with one attached hydrogen (secondary N) is 2. The highest BCUT2D eigenvalue weighted by Crippen LogP contribution is 2.33. The van der Waals surface area contributed by atoms with Crippen LogP contribution in [0.5, 0.6) is 5.75 Å². The Labute approximate surface area is 128 Å². The number of anilines is 2. The van der Waals surface area contributed by atoms with Crippen LogP contribution < -0.4 is 15.4 Å². The zero-order valence-corrected chi connectivity index (χ0v) is 12.3. The fraction of sp³-hybridized carbons (Fsp3) is 0.188. The molecule has 108 valence electrons. The molecule has 1 unspecified atom stereocenters. The Hall–Kier alpha value is -2.20. The Bertz CT molecular complexity index is 688. The molecule has 0 spiro atoms. The zero-order valence-electron chi connectivity index (χ0n) is 11.5. The molecule has 0 aliphatic carbocycles. The van der Waals surface area contributed by atoms with Crippen LogP contribution >= 0.6 is 11.6 Å². The van der Waals surface area contributed by atoms with E-state index in [0.29, 0.717) is 23.0 Å². The van der Waals surface area contributed by atoms with E-state index >= 15 is 0 Å². The van der Waals surface area contributed by atoms with Gasteiger partial charge in [0.2, 0.25) is 5.91 Å². The normalized spacial score (nSPS) is 16.0. The van der Waals surface area contributed by atoms with Gasteiger partial charge in [-0.3, -0.25) is 4.79 Å². The Kier molecular flexibility index (Phi) is 3.71. The van der Waals surface area contributed by atoms with Crippen molar-refractivity contribution in [2.75, 3.05) is 24.3 Å². The molecule has 0 saturated carbocycles. The van der Waals surface area contributed by atoms with Gasteiger partial charge in [0.25, 0.3) is 0 Å². The lowest BCUT2D eigenvalue weighted by atomic mass is 10.0. The van der Waals surface area contributed by atoms with Gasteiger partial charge in [-0.15, -0.1) is 0 Å². The Morgan fingerprint density at radius 3 is 2.95 bits per heavy atom. The second-order valence-corrected chi connectivity index (χ2v) is 5.29. The van der Waals surface area contributed by atoms with Crippen molar-refractivity contribution in [1.29, 1.82) is 0 Å². The largest absolute Gasteiger partial charge is 0.495 e. The molecular weight excluding hydrogens is 288 g/mol. The average Bonchev–Trinajstić information content (AvgIpc) is 2.91. The smallest absolute Gasteiger partial charge is 0.233 e. The average molecular weight is 303 g/mol. The van der Waals surface area contributed by atoms with E-state index in [2.05, 4.69) is 10.6 Å². The van der Waals surface area contributed by atoms with Crippen LogP contribution in [-0.2, 0) is 4.79 Å². The van der Waals surface area contributed by atoms with Crippen molar-refractivity contribution < 1.29 is 9.53 Å². The highest BCUT2D eigenvalue weighted by molar-refractivity contribution is 6.31. The first-order chi connectivity index (χ1) is 10.2. The molecule has 1 aliphatic rings. The van der Waals surface area contributed by atoms with E-state index in [1.165, 1.54) is 0 Å². The van der Waals surface area contributed by atoms with Gasteiger partial charge in [0.15, 0.2) is 0 Å². The van der Waals surface area contributed by atoms with Crippen molar-refractivity contribution in [1.82, 2.24) is 0 Å². The number of rotatable bonds is 3. The molecule has 0 bridgehead atoms. The van der Waals surface area contributed by atoms with Gasteiger partial charge in [0, 0.05) is 17.3 Å². The second kappa shape index (κ2) is 5.66. The van der Waals surface area contributed by atoms with Gasteiger partial charge in [-0.05, 0) is 29.8 Å². The van der Waals surface area contributed by atoms with Crippen molar-refractivity contribution >= 4 is 28.9 Å². The van der Waals surface area contributed by atoms with E-state index in [9.17, 15) is 4.79 Å². The van der Waals surface area contributed by atoms with Gasteiger partial charge in [-0.1, -0.05) is 29.8 Å². The number of benzene rings is 2. The molecule has 1 amide bonds. The number of carbonyl (C=O) groups excluding carboxylic acids is 1.